The molecule has 0 saturated carbocycles. The number of carbonyl (C=O) groups excluding carboxylic acids is 1. The highest BCUT2D eigenvalue weighted by molar-refractivity contribution is 6.31. The van der Waals surface area contributed by atoms with Crippen molar-refractivity contribution in [2.45, 2.75) is 12.8 Å². The Kier molecular flexibility index (Phi) is 5.70. The van der Waals surface area contributed by atoms with Gasteiger partial charge in [0.15, 0.2) is 0 Å². The van der Waals surface area contributed by atoms with Crippen molar-refractivity contribution in [3.05, 3.63) is 33.3 Å². The summed E-state index contributed by atoms with van der Waals surface area (Å²) in [6, 6.07) is 4.05. The highest BCUT2D eigenvalue weighted by Crippen LogP contribution is 2.27. The van der Waals surface area contributed by atoms with Gasteiger partial charge in [0.05, 0.1) is 11.5 Å². The van der Waals surface area contributed by atoms with Crippen LogP contribution in [0, 0.1) is 16.0 Å². The van der Waals surface area contributed by atoms with E-state index in [2.05, 4.69) is 5.32 Å². The first-order chi connectivity index (χ1) is 10.5. The number of nitrogens with zero attached hydrogens (tertiary/aromatic N) is 2. The topological polar surface area (TPSA) is 95.7 Å². The molecule has 0 bridgehead atoms. The van der Waals surface area contributed by atoms with Crippen molar-refractivity contribution in [2.75, 3.05) is 31.6 Å². The summed E-state index contributed by atoms with van der Waals surface area (Å²) in [6.45, 7) is 1.81. The van der Waals surface area contributed by atoms with Crippen LogP contribution in [-0.2, 0) is 4.79 Å². The van der Waals surface area contributed by atoms with Gasteiger partial charge < -0.3 is 10.4 Å². The number of rotatable bonds is 5. The van der Waals surface area contributed by atoms with Crippen LogP contribution in [0.5, 0.6) is 0 Å². The maximum absolute atomic E-state index is 12.1. The predicted octanol–water partition coefficient (Wildman–Crippen LogP) is 1.89. The van der Waals surface area contributed by atoms with Gasteiger partial charge in [0, 0.05) is 17.7 Å². The van der Waals surface area contributed by atoms with Crippen molar-refractivity contribution in [3.63, 3.8) is 0 Å². The standard InChI is InChI=1S/C14H18ClN3O4/c15-11-1-2-13(18(21)22)12(7-11)16-14(20)8-17-5-3-10(9-19)4-6-17/h1-2,7,10,19H,3-6,8-9H2,(H,16,20). The number of likely N-dealkylation sites (tertiary alicyclic amines) is 1. The number of aliphatic hydroxyl groups excluding tert-OH is 1. The summed E-state index contributed by atoms with van der Waals surface area (Å²) in [5, 5.41) is 22.9. The van der Waals surface area contributed by atoms with E-state index in [0.717, 1.165) is 25.9 Å². The Labute approximate surface area is 133 Å². The van der Waals surface area contributed by atoms with Crippen LogP contribution in [0.3, 0.4) is 0 Å². The minimum absolute atomic E-state index is 0.104. The maximum atomic E-state index is 12.1. The molecule has 0 spiro atoms. The lowest BCUT2D eigenvalue weighted by Gasteiger charge is -2.30. The maximum Gasteiger partial charge on any atom is 0.292 e. The number of piperidine rings is 1. The van der Waals surface area contributed by atoms with E-state index in [0.29, 0.717) is 10.9 Å². The molecule has 1 saturated heterocycles. The smallest absolute Gasteiger partial charge is 0.292 e. The molecule has 120 valence electrons. The molecule has 0 aromatic heterocycles. The summed E-state index contributed by atoms with van der Waals surface area (Å²) in [7, 11) is 0. The highest BCUT2D eigenvalue weighted by Gasteiger charge is 2.22. The first-order valence-electron chi connectivity index (χ1n) is 7.06. The Morgan fingerprint density at radius 1 is 1.45 bits per heavy atom. The number of amides is 1. The Balaban J connectivity index is 1.95. The van der Waals surface area contributed by atoms with E-state index in [-0.39, 0.29) is 30.4 Å². The third-order valence-corrected chi connectivity index (χ3v) is 4.00. The summed E-state index contributed by atoms with van der Waals surface area (Å²) in [5.74, 6) is -0.0128. The quantitative estimate of drug-likeness (QED) is 0.636. The third kappa shape index (κ3) is 4.40. The van der Waals surface area contributed by atoms with Crippen molar-refractivity contribution in [3.8, 4) is 0 Å². The molecular formula is C14H18ClN3O4. The molecule has 1 aliphatic heterocycles. The molecular weight excluding hydrogens is 310 g/mol. The molecule has 1 aliphatic rings. The van der Waals surface area contributed by atoms with Crippen LogP contribution in [0.2, 0.25) is 5.02 Å². The number of hydrogen-bond acceptors (Lipinski definition) is 5. The summed E-state index contributed by atoms with van der Waals surface area (Å²) in [6.07, 6.45) is 1.70. The van der Waals surface area contributed by atoms with Crippen molar-refractivity contribution >= 4 is 28.9 Å². The number of benzene rings is 1. The van der Waals surface area contributed by atoms with Crippen LogP contribution in [0.4, 0.5) is 11.4 Å². The molecule has 1 heterocycles. The van der Waals surface area contributed by atoms with Crippen LogP contribution in [0.1, 0.15) is 12.8 Å². The fraction of sp³-hybridized carbons (Fsp3) is 0.500. The Hall–Kier alpha value is -1.70. The van der Waals surface area contributed by atoms with Crippen molar-refractivity contribution < 1.29 is 14.8 Å². The van der Waals surface area contributed by atoms with Crippen molar-refractivity contribution in [1.29, 1.82) is 0 Å². The van der Waals surface area contributed by atoms with E-state index in [4.69, 9.17) is 16.7 Å². The second kappa shape index (κ2) is 7.53. The predicted molar refractivity (Wildman–Crippen MR) is 83.0 cm³/mol. The SMILES string of the molecule is O=C(CN1CCC(CO)CC1)Nc1cc(Cl)ccc1[N+](=O)[O-]. The molecule has 2 rings (SSSR count). The molecule has 2 N–H and O–H groups in total. The van der Waals surface area contributed by atoms with E-state index in [9.17, 15) is 14.9 Å². The van der Waals surface area contributed by atoms with Crippen molar-refractivity contribution in [2.24, 2.45) is 5.92 Å². The molecule has 0 unspecified atom stereocenters. The van der Waals surface area contributed by atoms with E-state index in [1.165, 1.54) is 18.2 Å². The summed E-state index contributed by atoms with van der Waals surface area (Å²) in [4.78, 5) is 24.4. The van der Waals surface area contributed by atoms with Gasteiger partial charge in [0.2, 0.25) is 5.91 Å². The number of anilines is 1. The summed E-state index contributed by atoms with van der Waals surface area (Å²) >= 11 is 5.82. The molecule has 22 heavy (non-hydrogen) atoms. The monoisotopic (exact) mass is 327 g/mol. The molecule has 1 aromatic carbocycles. The second-order valence-electron chi connectivity index (χ2n) is 5.37. The molecule has 1 amide bonds. The largest absolute Gasteiger partial charge is 0.396 e. The molecule has 0 radical (unpaired) electrons. The van der Waals surface area contributed by atoms with Gasteiger partial charge in [-0.1, -0.05) is 11.6 Å². The molecule has 0 atom stereocenters. The first-order valence-corrected chi connectivity index (χ1v) is 7.44. The molecule has 1 fully saturated rings. The van der Waals surface area contributed by atoms with E-state index in [1.54, 1.807) is 0 Å². The molecule has 0 aliphatic carbocycles. The zero-order chi connectivity index (χ0) is 16.1. The van der Waals surface area contributed by atoms with Gasteiger partial charge in [0.1, 0.15) is 5.69 Å². The van der Waals surface area contributed by atoms with Gasteiger partial charge in [-0.2, -0.15) is 0 Å². The second-order valence-corrected chi connectivity index (χ2v) is 5.81. The van der Waals surface area contributed by atoms with Gasteiger partial charge in [0.25, 0.3) is 5.69 Å². The average molecular weight is 328 g/mol. The van der Waals surface area contributed by atoms with Crippen LogP contribution >= 0.6 is 11.6 Å². The number of nitrogens with one attached hydrogen (secondary N) is 1. The van der Waals surface area contributed by atoms with E-state index < -0.39 is 4.92 Å². The zero-order valence-corrected chi connectivity index (χ0v) is 12.8. The van der Waals surface area contributed by atoms with Crippen LogP contribution < -0.4 is 5.32 Å². The van der Waals surface area contributed by atoms with Gasteiger partial charge in [-0.05, 0) is 44.0 Å². The minimum Gasteiger partial charge on any atom is -0.396 e. The number of nitro groups is 1. The molecule has 7 nitrogen and oxygen atoms in total. The van der Waals surface area contributed by atoms with Gasteiger partial charge in [-0.3, -0.25) is 19.8 Å². The number of nitro benzene ring substituents is 1. The Bertz CT molecular complexity index is 559. The number of carbonyl (C=O) groups is 1. The normalized spacial score (nSPS) is 16.5. The molecule has 8 heteroatoms. The fourth-order valence-corrected chi connectivity index (χ4v) is 2.66. The van der Waals surface area contributed by atoms with E-state index in [1.807, 2.05) is 4.90 Å². The van der Waals surface area contributed by atoms with Gasteiger partial charge in [-0.25, -0.2) is 0 Å². The highest BCUT2D eigenvalue weighted by atomic mass is 35.5. The molecule has 1 aromatic rings. The Morgan fingerprint density at radius 3 is 2.73 bits per heavy atom. The lowest BCUT2D eigenvalue weighted by atomic mass is 9.98. The Morgan fingerprint density at radius 2 is 2.14 bits per heavy atom. The van der Waals surface area contributed by atoms with Crippen LogP contribution in [-0.4, -0.2) is 47.1 Å². The number of aliphatic hydroxyl groups is 1. The average Bonchev–Trinajstić information content (AvgIpc) is 2.47. The minimum atomic E-state index is -0.557. The van der Waals surface area contributed by atoms with Crippen LogP contribution in [0.25, 0.3) is 0 Å². The third-order valence-electron chi connectivity index (χ3n) is 3.76. The number of halogens is 1. The van der Waals surface area contributed by atoms with Crippen molar-refractivity contribution in [1.82, 2.24) is 4.90 Å². The van der Waals surface area contributed by atoms with Gasteiger partial charge >= 0.3 is 0 Å². The van der Waals surface area contributed by atoms with Crippen LogP contribution in [0.15, 0.2) is 18.2 Å². The summed E-state index contributed by atoms with van der Waals surface area (Å²) < 4.78 is 0. The lowest BCUT2D eigenvalue weighted by molar-refractivity contribution is -0.383. The summed E-state index contributed by atoms with van der Waals surface area (Å²) in [5.41, 5.74) is -0.0792. The van der Waals surface area contributed by atoms with E-state index >= 15 is 0 Å². The fourth-order valence-electron chi connectivity index (χ4n) is 2.49. The van der Waals surface area contributed by atoms with Gasteiger partial charge in [-0.15, -0.1) is 0 Å². The zero-order valence-electron chi connectivity index (χ0n) is 12.0. The number of hydrogen-bond donors (Lipinski definition) is 2. The lowest BCUT2D eigenvalue weighted by Crippen LogP contribution is -2.39. The first kappa shape index (κ1) is 16.7.